The van der Waals surface area contributed by atoms with Crippen molar-refractivity contribution in [3.8, 4) is 0 Å². The van der Waals surface area contributed by atoms with E-state index in [0.29, 0.717) is 6.54 Å². The molecule has 1 unspecified atom stereocenters. The van der Waals surface area contributed by atoms with E-state index in [1.54, 1.807) is 18.6 Å². The molecule has 0 spiro atoms. The van der Waals surface area contributed by atoms with E-state index < -0.39 is 0 Å². The van der Waals surface area contributed by atoms with E-state index in [1.165, 1.54) is 5.56 Å². The Morgan fingerprint density at radius 2 is 2.07 bits per heavy atom. The smallest absolute Gasteiger partial charge is 0.150 e. The molecule has 2 aromatic heterocycles. The van der Waals surface area contributed by atoms with Gasteiger partial charge in [0.15, 0.2) is 0 Å². The SMILES string of the molecule is CC(NCc1ccno1)c1ccncc1. The second kappa shape index (κ2) is 4.70. The van der Waals surface area contributed by atoms with E-state index in [0.717, 1.165) is 5.76 Å². The Labute approximate surface area is 88.3 Å². The summed E-state index contributed by atoms with van der Waals surface area (Å²) >= 11 is 0. The van der Waals surface area contributed by atoms with E-state index in [2.05, 4.69) is 22.4 Å². The first-order valence-electron chi connectivity index (χ1n) is 4.89. The Hall–Kier alpha value is -1.68. The molecule has 4 heteroatoms. The Morgan fingerprint density at radius 1 is 1.27 bits per heavy atom. The zero-order valence-electron chi connectivity index (χ0n) is 8.55. The molecule has 0 amide bonds. The molecule has 0 aliphatic rings. The number of aromatic nitrogens is 2. The van der Waals surface area contributed by atoms with Crippen molar-refractivity contribution in [2.24, 2.45) is 0 Å². The van der Waals surface area contributed by atoms with E-state index in [1.807, 2.05) is 18.2 Å². The van der Waals surface area contributed by atoms with E-state index in [9.17, 15) is 0 Å². The number of hydrogen-bond acceptors (Lipinski definition) is 4. The van der Waals surface area contributed by atoms with Crippen molar-refractivity contribution in [1.82, 2.24) is 15.5 Å². The van der Waals surface area contributed by atoms with Crippen LogP contribution in [-0.2, 0) is 6.54 Å². The molecule has 1 atom stereocenters. The van der Waals surface area contributed by atoms with E-state index in [-0.39, 0.29) is 6.04 Å². The summed E-state index contributed by atoms with van der Waals surface area (Å²) in [7, 11) is 0. The third-order valence-corrected chi connectivity index (χ3v) is 2.28. The fourth-order valence-electron chi connectivity index (χ4n) is 1.36. The summed E-state index contributed by atoms with van der Waals surface area (Å²) in [6.45, 7) is 2.79. The third-order valence-electron chi connectivity index (χ3n) is 2.28. The zero-order valence-corrected chi connectivity index (χ0v) is 8.55. The second-order valence-corrected chi connectivity index (χ2v) is 3.36. The zero-order chi connectivity index (χ0) is 10.5. The lowest BCUT2D eigenvalue weighted by molar-refractivity contribution is 0.366. The van der Waals surface area contributed by atoms with Gasteiger partial charge in [-0.05, 0) is 24.6 Å². The number of pyridine rings is 1. The molecule has 0 fully saturated rings. The van der Waals surface area contributed by atoms with Gasteiger partial charge in [0, 0.05) is 24.5 Å². The summed E-state index contributed by atoms with van der Waals surface area (Å²) in [5.74, 6) is 0.843. The average Bonchev–Trinajstić information content (AvgIpc) is 2.80. The van der Waals surface area contributed by atoms with Crippen molar-refractivity contribution in [3.63, 3.8) is 0 Å². The van der Waals surface area contributed by atoms with Gasteiger partial charge in [0.1, 0.15) is 5.76 Å². The lowest BCUT2D eigenvalue weighted by Gasteiger charge is -2.12. The summed E-state index contributed by atoms with van der Waals surface area (Å²) in [5, 5.41) is 6.99. The van der Waals surface area contributed by atoms with Crippen LogP contribution in [0.25, 0.3) is 0 Å². The monoisotopic (exact) mass is 203 g/mol. The van der Waals surface area contributed by atoms with Crippen molar-refractivity contribution in [3.05, 3.63) is 48.1 Å². The quantitative estimate of drug-likeness (QED) is 0.824. The van der Waals surface area contributed by atoms with Crippen molar-refractivity contribution >= 4 is 0 Å². The van der Waals surface area contributed by atoms with Crippen LogP contribution < -0.4 is 5.32 Å². The van der Waals surface area contributed by atoms with Crippen LogP contribution in [0.1, 0.15) is 24.3 Å². The number of nitrogens with one attached hydrogen (secondary N) is 1. The van der Waals surface area contributed by atoms with Gasteiger partial charge in [0.05, 0.1) is 12.7 Å². The molecule has 0 aliphatic heterocycles. The minimum absolute atomic E-state index is 0.276. The highest BCUT2D eigenvalue weighted by molar-refractivity contribution is 5.14. The van der Waals surface area contributed by atoms with Crippen LogP contribution in [0, 0.1) is 0 Å². The Kier molecular flexibility index (Phi) is 3.09. The van der Waals surface area contributed by atoms with Gasteiger partial charge in [-0.1, -0.05) is 5.16 Å². The molecular formula is C11H13N3O. The lowest BCUT2D eigenvalue weighted by Crippen LogP contribution is -2.17. The summed E-state index contributed by atoms with van der Waals surface area (Å²) in [6, 6.07) is 6.13. The lowest BCUT2D eigenvalue weighted by atomic mass is 10.1. The molecular weight excluding hydrogens is 190 g/mol. The van der Waals surface area contributed by atoms with Crippen molar-refractivity contribution in [2.45, 2.75) is 19.5 Å². The van der Waals surface area contributed by atoms with Crippen LogP contribution in [0.3, 0.4) is 0 Å². The van der Waals surface area contributed by atoms with Gasteiger partial charge in [-0.15, -0.1) is 0 Å². The third kappa shape index (κ3) is 2.63. The fraction of sp³-hybridized carbons (Fsp3) is 0.273. The Balaban J connectivity index is 1.90. The largest absolute Gasteiger partial charge is 0.360 e. The molecule has 2 aromatic rings. The number of hydrogen-bond donors (Lipinski definition) is 1. The Bertz CT molecular complexity index is 385. The van der Waals surface area contributed by atoms with Crippen LogP contribution >= 0.6 is 0 Å². The molecule has 0 aliphatic carbocycles. The highest BCUT2D eigenvalue weighted by Crippen LogP contribution is 2.10. The predicted molar refractivity (Wildman–Crippen MR) is 56.0 cm³/mol. The van der Waals surface area contributed by atoms with Crippen LogP contribution in [-0.4, -0.2) is 10.1 Å². The van der Waals surface area contributed by atoms with Crippen LogP contribution in [0.4, 0.5) is 0 Å². The van der Waals surface area contributed by atoms with Crippen molar-refractivity contribution in [1.29, 1.82) is 0 Å². The topological polar surface area (TPSA) is 51.0 Å². The molecule has 0 aromatic carbocycles. The highest BCUT2D eigenvalue weighted by Gasteiger charge is 2.05. The minimum atomic E-state index is 0.276. The van der Waals surface area contributed by atoms with Crippen LogP contribution in [0.15, 0.2) is 41.3 Å². The molecule has 15 heavy (non-hydrogen) atoms. The molecule has 2 rings (SSSR count). The molecule has 1 N–H and O–H groups in total. The molecule has 2 heterocycles. The van der Waals surface area contributed by atoms with Gasteiger partial charge < -0.3 is 9.84 Å². The van der Waals surface area contributed by atoms with Crippen LogP contribution in [0.5, 0.6) is 0 Å². The second-order valence-electron chi connectivity index (χ2n) is 3.36. The van der Waals surface area contributed by atoms with E-state index >= 15 is 0 Å². The minimum Gasteiger partial charge on any atom is -0.360 e. The summed E-state index contributed by atoms with van der Waals surface area (Å²) in [4.78, 5) is 3.98. The number of rotatable bonds is 4. The fourth-order valence-corrected chi connectivity index (χ4v) is 1.36. The van der Waals surface area contributed by atoms with Gasteiger partial charge in [0.2, 0.25) is 0 Å². The van der Waals surface area contributed by atoms with Gasteiger partial charge >= 0.3 is 0 Å². The van der Waals surface area contributed by atoms with E-state index in [4.69, 9.17) is 4.52 Å². The maximum Gasteiger partial charge on any atom is 0.150 e. The predicted octanol–water partition coefficient (Wildman–Crippen LogP) is 1.92. The molecule has 0 bridgehead atoms. The molecule has 78 valence electrons. The molecule has 0 saturated carbocycles. The summed E-state index contributed by atoms with van der Waals surface area (Å²) in [6.07, 6.45) is 5.23. The first-order chi connectivity index (χ1) is 7.36. The summed E-state index contributed by atoms with van der Waals surface area (Å²) < 4.78 is 4.99. The average molecular weight is 203 g/mol. The first-order valence-corrected chi connectivity index (χ1v) is 4.89. The molecule has 0 saturated heterocycles. The van der Waals surface area contributed by atoms with Crippen molar-refractivity contribution < 1.29 is 4.52 Å². The van der Waals surface area contributed by atoms with Gasteiger partial charge in [0.25, 0.3) is 0 Å². The Morgan fingerprint density at radius 3 is 2.73 bits per heavy atom. The number of nitrogens with zero attached hydrogens (tertiary/aromatic N) is 2. The first kappa shape index (κ1) is 9.86. The standard InChI is InChI=1S/C11H13N3O/c1-9(10-2-5-12-6-3-10)13-8-11-4-7-14-15-11/h2-7,9,13H,8H2,1H3. The van der Waals surface area contributed by atoms with Crippen LogP contribution in [0.2, 0.25) is 0 Å². The van der Waals surface area contributed by atoms with Crippen molar-refractivity contribution in [2.75, 3.05) is 0 Å². The van der Waals surface area contributed by atoms with Gasteiger partial charge in [-0.3, -0.25) is 4.98 Å². The molecule has 4 nitrogen and oxygen atoms in total. The van der Waals surface area contributed by atoms with Gasteiger partial charge in [-0.25, -0.2) is 0 Å². The normalized spacial score (nSPS) is 12.6. The van der Waals surface area contributed by atoms with Gasteiger partial charge in [-0.2, -0.15) is 0 Å². The summed E-state index contributed by atoms with van der Waals surface area (Å²) in [5.41, 5.74) is 1.21. The maximum absolute atomic E-state index is 4.99. The molecule has 0 radical (unpaired) electrons. The maximum atomic E-state index is 4.99. The highest BCUT2D eigenvalue weighted by atomic mass is 16.5.